The molecule has 2 atom stereocenters. The summed E-state index contributed by atoms with van der Waals surface area (Å²) in [4.78, 5) is 2.53. The van der Waals surface area contributed by atoms with Gasteiger partial charge in [-0.05, 0) is 17.5 Å². The van der Waals surface area contributed by atoms with Gasteiger partial charge in [-0.3, -0.25) is 4.90 Å². The Labute approximate surface area is 103 Å². The molecule has 1 fully saturated rings. The molecule has 0 aromatic heterocycles. The van der Waals surface area contributed by atoms with E-state index in [0.29, 0.717) is 6.04 Å². The molecular weight excluding hydrogens is 206 g/mol. The van der Waals surface area contributed by atoms with Crippen LogP contribution in [0.2, 0.25) is 0 Å². The molecule has 2 aromatic carbocycles. The van der Waals surface area contributed by atoms with Crippen molar-refractivity contribution in [2.24, 2.45) is 0 Å². The lowest BCUT2D eigenvalue weighted by molar-refractivity contribution is 0.516. The Balaban J connectivity index is 1.53. The molecule has 0 N–H and O–H groups in total. The maximum absolute atomic E-state index is 2.53. The van der Waals surface area contributed by atoms with Crippen molar-refractivity contribution in [1.29, 1.82) is 0 Å². The first kappa shape index (κ1) is 10.5. The van der Waals surface area contributed by atoms with Gasteiger partial charge >= 0.3 is 0 Å². The molecule has 0 amide bonds. The fourth-order valence-corrected chi connectivity index (χ4v) is 2.33. The molecule has 0 bridgehead atoms. The molecule has 1 aliphatic heterocycles. The first-order chi connectivity index (χ1) is 8.43. The summed E-state index contributed by atoms with van der Waals surface area (Å²) in [5.74, 6) is 0. The van der Waals surface area contributed by atoms with E-state index in [1.165, 1.54) is 24.2 Å². The predicted octanol–water partition coefficient (Wildman–Crippen LogP) is 3.29. The van der Waals surface area contributed by atoms with Crippen LogP contribution in [-0.2, 0) is 6.42 Å². The summed E-state index contributed by atoms with van der Waals surface area (Å²) in [7, 11) is 0. The van der Waals surface area contributed by atoms with Crippen LogP contribution < -0.4 is 0 Å². The summed E-state index contributed by atoms with van der Waals surface area (Å²) in [5.41, 5.74) is 2.90. The Bertz CT molecular complexity index is 463. The van der Waals surface area contributed by atoms with Crippen LogP contribution in [0, 0.1) is 0 Å². The van der Waals surface area contributed by atoms with Gasteiger partial charge in [-0.25, -0.2) is 0 Å². The van der Waals surface area contributed by atoms with E-state index in [1.54, 1.807) is 0 Å². The lowest BCUT2D eigenvalue weighted by Gasteiger charge is -2.04. The molecule has 2 aromatic rings. The van der Waals surface area contributed by atoms with Crippen molar-refractivity contribution in [3.05, 3.63) is 71.8 Å². The lowest BCUT2D eigenvalue weighted by atomic mass is 10.1. The van der Waals surface area contributed by atoms with Crippen LogP contribution in [0.15, 0.2) is 60.7 Å². The van der Waals surface area contributed by atoms with Crippen LogP contribution in [0.3, 0.4) is 0 Å². The minimum absolute atomic E-state index is 0.667. The van der Waals surface area contributed by atoms with Gasteiger partial charge in [-0.1, -0.05) is 60.7 Å². The topological polar surface area (TPSA) is 3.01 Å². The first-order valence-electron chi connectivity index (χ1n) is 6.26. The van der Waals surface area contributed by atoms with E-state index < -0.39 is 0 Å². The van der Waals surface area contributed by atoms with Crippen molar-refractivity contribution < 1.29 is 0 Å². The van der Waals surface area contributed by atoms with Crippen LogP contribution in [-0.4, -0.2) is 18.0 Å². The highest BCUT2D eigenvalue weighted by Gasteiger charge is 2.34. The zero-order valence-corrected chi connectivity index (χ0v) is 9.92. The Morgan fingerprint density at radius 1 is 0.882 bits per heavy atom. The minimum Gasteiger partial charge on any atom is -0.293 e. The normalized spacial score (nSPS) is 22.4. The molecular formula is C16H17N. The van der Waals surface area contributed by atoms with Crippen LogP contribution in [0.1, 0.15) is 17.2 Å². The first-order valence-corrected chi connectivity index (χ1v) is 6.26. The summed E-state index contributed by atoms with van der Waals surface area (Å²) >= 11 is 0. The molecule has 86 valence electrons. The van der Waals surface area contributed by atoms with E-state index in [4.69, 9.17) is 0 Å². The summed E-state index contributed by atoms with van der Waals surface area (Å²) in [6.07, 6.45) is 1.16. The van der Waals surface area contributed by atoms with Gasteiger partial charge in [-0.15, -0.1) is 0 Å². The smallest absolute Gasteiger partial charge is 0.0476 e. The number of hydrogen-bond acceptors (Lipinski definition) is 1. The third-order valence-electron chi connectivity index (χ3n) is 3.43. The fraction of sp³-hybridized carbons (Fsp3) is 0.250. The molecule has 1 aliphatic rings. The van der Waals surface area contributed by atoms with Crippen LogP contribution in [0.5, 0.6) is 0 Å². The average Bonchev–Trinajstić information content (AvgIpc) is 3.18. The predicted molar refractivity (Wildman–Crippen MR) is 70.9 cm³/mol. The van der Waals surface area contributed by atoms with Crippen molar-refractivity contribution in [2.45, 2.75) is 12.5 Å². The molecule has 17 heavy (non-hydrogen) atoms. The molecule has 0 aliphatic carbocycles. The molecule has 0 spiro atoms. The summed E-state index contributed by atoms with van der Waals surface area (Å²) in [5, 5.41) is 0. The zero-order valence-electron chi connectivity index (χ0n) is 9.92. The van der Waals surface area contributed by atoms with Crippen molar-refractivity contribution in [1.82, 2.24) is 4.90 Å². The van der Waals surface area contributed by atoms with Crippen LogP contribution in [0.4, 0.5) is 0 Å². The van der Waals surface area contributed by atoms with E-state index in [0.717, 1.165) is 6.42 Å². The number of nitrogens with zero attached hydrogens (tertiary/aromatic N) is 1. The molecule has 1 saturated heterocycles. The van der Waals surface area contributed by atoms with Gasteiger partial charge in [0.05, 0.1) is 0 Å². The summed E-state index contributed by atoms with van der Waals surface area (Å²) in [6, 6.07) is 22.2. The molecule has 1 heteroatoms. The van der Waals surface area contributed by atoms with Crippen molar-refractivity contribution in [3.8, 4) is 0 Å². The Morgan fingerprint density at radius 3 is 2.24 bits per heavy atom. The monoisotopic (exact) mass is 223 g/mol. The van der Waals surface area contributed by atoms with E-state index in [-0.39, 0.29) is 0 Å². The molecule has 1 nitrogen and oxygen atoms in total. The van der Waals surface area contributed by atoms with Gasteiger partial charge in [-0.2, -0.15) is 0 Å². The minimum atomic E-state index is 0.667. The Morgan fingerprint density at radius 2 is 1.53 bits per heavy atom. The molecule has 0 saturated carbocycles. The van der Waals surface area contributed by atoms with Crippen LogP contribution in [0.25, 0.3) is 0 Å². The number of rotatable bonds is 4. The third kappa shape index (κ3) is 2.56. The maximum Gasteiger partial charge on any atom is 0.0476 e. The van der Waals surface area contributed by atoms with Crippen molar-refractivity contribution >= 4 is 0 Å². The highest BCUT2D eigenvalue weighted by atomic mass is 15.3. The summed E-state index contributed by atoms with van der Waals surface area (Å²) < 4.78 is 0. The van der Waals surface area contributed by atoms with Gasteiger partial charge in [0.1, 0.15) is 0 Å². The van der Waals surface area contributed by atoms with Gasteiger partial charge in [0.25, 0.3) is 0 Å². The largest absolute Gasteiger partial charge is 0.293 e. The highest BCUT2D eigenvalue weighted by molar-refractivity contribution is 5.24. The van der Waals surface area contributed by atoms with Gasteiger partial charge in [0.15, 0.2) is 0 Å². The van der Waals surface area contributed by atoms with Crippen LogP contribution >= 0.6 is 0 Å². The van der Waals surface area contributed by atoms with Gasteiger partial charge in [0, 0.05) is 19.1 Å². The molecule has 1 unspecified atom stereocenters. The second kappa shape index (κ2) is 4.72. The Kier molecular flexibility index (Phi) is 2.93. The quantitative estimate of drug-likeness (QED) is 0.719. The second-order valence-electron chi connectivity index (χ2n) is 4.66. The maximum atomic E-state index is 2.53. The van der Waals surface area contributed by atoms with Gasteiger partial charge in [0.2, 0.25) is 0 Å². The number of hydrogen-bond donors (Lipinski definition) is 0. The number of benzene rings is 2. The van der Waals surface area contributed by atoms with Crippen molar-refractivity contribution in [2.75, 3.05) is 13.1 Å². The van der Waals surface area contributed by atoms with Crippen molar-refractivity contribution in [3.63, 3.8) is 0 Å². The summed E-state index contributed by atoms with van der Waals surface area (Å²) in [6.45, 7) is 2.39. The highest BCUT2D eigenvalue weighted by Crippen LogP contribution is 2.34. The van der Waals surface area contributed by atoms with Gasteiger partial charge < -0.3 is 0 Å². The fourth-order valence-electron chi connectivity index (χ4n) is 2.33. The molecule has 3 rings (SSSR count). The van der Waals surface area contributed by atoms with E-state index in [2.05, 4.69) is 65.6 Å². The average molecular weight is 223 g/mol. The van der Waals surface area contributed by atoms with E-state index in [9.17, 15) is 0 Å². The van der Waals surface area contributed by atoms with E-state index >= 15 is 0 Å². The third-order valence-corrected chi connectivity index (χ3v) is 3.43. The SMILES string of the molecule is c1ccc(CCN2C[C@@H]2c2ccccc2)cc1. The standard InChI is InChI=1S/C16H17N/c1-3-7-14(8-4-1)11-12-17-13-16(17)15-9-5-2-6-10-15/h1-10,16H,11-13H2/t16-,17?/m1/s1. The Hall–Kier alpha value is -1.60. The molecule has 1 heterocycles. The second-order valence-corrected chi connectivity index (χ2v) is 4.66. The van der Waals surface area contributed by atoms with E-state index in [1.807, 2.05) is 0 Å². The zero-order chi connectivity index (χ0) is 11.5. The lowest BCUT2D eigenvalue weighted by Crippen LogP contribution is -2.04. The molecule has 0 radical (unpaired) electrons.